The van der Waals surface area contributed by atoms with Crippen LogP contribution in [0.5, 0.6) is 0 Å². The molecule has 4 rings (SSSR count). The van der Waals surface area contributed by atoms with Gasteiger partial charge in [-0.1, -0.05) is 0 Å². The first kappa shape index (κ1) is 18.9. The van der Waals surface area contributed by atoms with Gasteiger partial charge in [-0.3, -0.25) is 9.59 Å². The molecule has 0 radical (unpaired) electrons. The van der Waals surface area contributed by atoms with Crippen molar-refractivity contribution in [2.24, 2.45) is 0 Å². The lowest BCUT2D eigenvalue weighted by atomic mass is 9.92. The van der Waals surface area contributed by atoms with Crippen LogP contribution >= 0.6 is 0 Å². The number of carbonyl (C=O) groups is 1. The van der Waals surface area contributed by atoms with Crippen molar-refractivity contribution < 1.29 is 9.90 Å². The predicted octanol–water partition coefficient (Wildman–Crippen LogP) is 2.38. The first-order valence-electron chi connectivity index (χ1n) is 10.2. The third-order valence-electron chi connectivity index (χ3n) is 6.29. The topological polar surface area (TPSA) is 91.2 Å². The highest BCUT2D eigenvalue weighted by Gasteiger charge is 2.29. The van der Waals surface area contributed by atoms with Crippen molar-refractivity contribution in [2.75, 3.05) is 13.1 Å². The highest BCUT2D eigenvalue weighted by molar-refractivity contribution is 5.95. The quantitative estimate of drug-likeness (QED) is 0.850. The van der Waals surface area contributed by atoms with Crippen LogP contribution in [0.15, 0.2) is 29.5 Å². The monoisotopic (exact) mass is 384 g/mol. The standard InChI is InChI=1S/C21H28N4O3/c1-14-6-13-25(16-2-4-17(26)5-3-16)21(28)18(14)20(27)24-11-7-15(8-12-24)19-22-9-10-23-19/h6,9-10,13,15-17,26H,2-5,7-8,11-12H2,1H3,(H,22,23). The molecule has 2 aromatic rings. The summed E-state index contributed by atoms with van der Waals surface area (Å²) in [4.78, 5) is 35.6. The summed E-state index contributed by atoms with van der Waals surface area (Å²) < 4.78 is 1.71. The molecule has 150 valence electrons. The number of aliphatic hydroxyl groups is 1. The van der Waals surface area contributed by atoms with Crippen LogP contribution in [0.25, 0.3) is 0 Å². The number of aliphatic hydroxyl groups excluding tert-OH is 1. The second-order valence-corrected chi connectivity index (χ2v) is 8.09. The number of imidazole rings is 1. The summed E-state index contributed by atoms with van der Waals surface area (Å²) in [5, 5.41) is 9.74. The molecule has 3 heterocycles. The number of aromatic amines is 1. The van der Waals surface area contributed by atoms with Gasteiger partial charge in [0.1, 0.15) is 11.4 Å². The van der Waals surface area contributed by atoms with Gasteiger partial charge in [0.15, 0.2) is 0 Å². The maximum absolute atomic E-state index is 13.2. The highest BCUT2D eigenvalue weighted by atomic mass is 16.3. The van der Waals surface area contributed by atoms with E-state index in [0.29, 0.717) is 37.4 Å². The molecular formula is C21H28N4O3. The maximum atomic E-state index is 13.2. The van der Waals surface area contributed by atoms with Crippen molar-refractivity contribution >= 4 is 5.91 Å². The van der Waals surface area contributed by atoms with Gasteiger partial charge in [-0.25, -0.2) is 4.98 Å². The van der Waals surface area contributed by atoms with E-state index in [0.717, 1.165) is 37.1 Å². The molecule has 2 aromatic heterocycles. The zero-order valence-electron chi connectivity index (χ0n) is 16.3. The number of hydrogen-bond acceptors (Lipinski definition) is 4. The summed E-state index contributed by atoms with van der Waals surface area (Å²) in [5.74, 6) is 1.15. The molecule has 2 N–H and O–H groups in total. The minimum atomic E-state index is -0.269. The fourth-order valence-electron chi connectivity index (χ4n) is 4.54. The summed E-state index contributed by atoms with van der Waals surface area (Å²) in [6, 6.07) is 1.93. The first-order chi connectivity index (χ1) is 13.5. The van der Waals surface area contributed by atoms with Gasteiger partial charge in [-0.15, -0.1) is 0 Å². The molecule has 1 saturated heterocycles. The molecule has 7 nitrogen and oxygen atoms in total. The zero-order valence-corrected chi connectivity index (χ0v) is 16.3. The zero-order chi connectivity index (χ0) is 19.7. The van der Waals surface area contributed by atoms with Gasteiger partial charge in [0.25, 0.3) is 11.5 Å². The molecule has 1 aliphatic carbocycles. The van der Waals surface area contributed by atoms with Crippen molar-refractivity contribution in [3.63, 3.8) is 0 Å². The van der Waals surface area contributed by atoms with Crippen LogP contribution in [-0.2, 0) is 0 Å². The average Bonchev–Trinajstić information content (AvgIpc) is 3.24. The molecule has 7 heteroatoms. The molecule has 0 unspecified atom stereocenters. The smallest absolute Gasteiger partial charge is 0.263 e. The van der Waals surface area contributed by atoms with Gasteiger partial charge < -0.3 is 19.6 Å². The molecule has 2 fully saturated rings. The number of likely N-dealkylation sites (tertiary alicyclic amines) is 1. The van der Waals surface area contributed by atoms with Gasteiger partial charge >= 0.3 is 0 Å². The number of aromatic nitrogens is 3. The Kier molecular flexibility index (Phi) is 5.35. The molecule has 1 saturated carbocycles. The fourth-order valence-corrected chi connectivity index (χ4v) is 4.54. The van der Waals surface area contributed by atoms with Crippen LogP contribution in [0.4, 0.5) is 0 Å². The van der Waals surface area contributed by atoms with Crippen molar-refractivity contribution in [3.05, 3.63) is 52.0 Å². The minimum absolute atomic E-state index is 0.0627. The molecule has 28 heavy (non-hydrogen) atoms. The molecule has 1 amide bonds. The number of amides is 1. The number of H-pyrrole nitrogens is 1. The molecular weight excluding hydrogens is 356 g/mol. The van der Waals surface area contributed by atoms with Crippen LogP contribution in [0.1, 0.15) is 72.2 Å². The van der Waals surface area contributed by atoms with E-state index in [4.69, 9.17) is 0 Å². The van der Waals surface area contributed by atoms with Gasteiger partial charge in [0.05, 0.1) is 6.10 Å². The van der Waals surface area contributed by atoms with Gasteiger partial charge in [-0.05, 0) is 57.1 Å². The van der Waals surface area contributed by atoms with E-state index < -0.39 is 0 Å². The normalized spacial score (nSPS) is 23.7. The van der Waals surface area contributed by atoms with E-state index in [-0.39, 0.29) is 23.6 Å². The Morgan fingerprint density at radius 1 is 1.18 bits per heavy atom. The Labute approximate surface area is 164 Å². The average molecular weight is 384 g/mol. The molecule has 0 aromatic carbocycles. The maximum Gasteiger partial charge on any atom is 0.263 e. The molecule has 0 atom stereocenters. The van der Waals surface area contributed by atoms with Gasteiger partial charge in [-0.2, -0.15) is 0 Å². The highest BCUT2D eigenvalue weighted by Crippen LogP contribution is 2.28. The number of nitrogens with one attached hydrogen (secondary N) is 1. The van der Waals surface area contributed by atoms with Crippen LogP contribution in [-0.4, -0.2) is 49.6 Å². The lowest BCUT2D eigenvalue weighted by molar-refractivity contribution is 0.0706. The summed E-state index contributed by atoms with van der Waals surface area (Å²) >= 11 is 0. The minimum Gasteiger partial charge on any atom is -0.393 e. The van der Waals surface area contributed by atoms with Crippen molar-refractivity contribution in [1.29, 1.82) is 0 Å². The summed E-state index contributed by atoms with van der Waals surface area (Å²) in [7, 11) is 0. The lowest BCUT2D eigenvalue weighted by Gasteiger charge is -2.32. The van der Waals surface area contributed by atoms with Gasteiger partial charge in [0.2, 0.25) is 0 Å². The van der Waals surface area contributed by atoms with E-state index in [1.54, 1.807) is 21.9 Å². The third kappa shape index (κ3) is 3.63. The van der Waals surface area contributed by atoms with E-state index in [2.05, 4.69) is 9.97 Å². The number of aryl methyl sites for hydroxylation is 1. The summed E-state index contributed by atoms with van der Waals surface area (Å²) in [6.45, 7) is 3.10. The number of carbonyl (C=O) groups excluding carboxylic acids is 1. The number of rotatable bonds is 3. The number of nitrogens with zero attached hydrogens (tertiary/aromatic N) is 3. The number of piperidine rings is 1. The Bertz CT molecular complexity index is 874. The summed E-state index contributed by atoms with van der Waals surface area (Å²) in [6.07, 6.45) is 9.76. The van der Waals surface area contributed by atoms with Crippen molar-refractivity contribution in [3.8, 4) is 0 Å². The van der Waals surface area contributed by atoms with E-state index in [1.807, 2.05) is 19.2 Å². The Hall–Kier alpha value is -2.41. The predicted molar refractivity (Wildman–Crippen MR) is 105 cm³/mol. The van der Waals surface area contributed by atoms with Crippen LogP contribution < -0.4 is 5.56 Å². The Balaban J connectivity index is 1.51. The van der Waals surface area contributed by atoms with E-state index >= 15 is 0 Å². The van der Waals surface area contributed by atoms with E-state index in [9.17, 15) is 14.7 Å². The first-order valence-corrected chi connectivity index (χ1v) is 10.2. The Morgan fingerprint density at radius 3 is 2.54 bits per heavy atom. The fraction of sp³-hybridized carbons (Fsp3) is 0.571. The number of pyridine rings is 1. The lowest BCUT2D eigenvalue weighted by Crippen LogP contribution is -2.42. The Morgan fingerprint density at radius 2 is 1.89 bits per heavy atom. The molecule has 1 aliphatic heterocycles. The van der Waals surface area contributed by atoms with Crippen molar-refractivity contribution in [2.45, 2.75) is 63.5 Å². The SMILES string of the molecule is Cc1ccn(C2CCC(O)CC2)c(=O)c1C(=O)N1CCC(c2ncc[nH]2)CC1. The second-order valence-electron chi connectivity index (χ2n) is 8.09. The number of hydrogen-bond donors (Lipinski definition) is 2. The van der Waals surface area contributed by atoms with Crippen molar-refractivity contribution in [1.82, 2.24) is 19.4 Å². The summed E-state index contributed by atoms with van der Waals surface area (Å²) in [5.41, 5.74) is 0.833. The van der Waals surface area contributed by atoms with Crippen LogP contribution in [0.3, 0.4) is 0 Å². The second kappa shape index (κ2) is 7.91. The van der Waals surface area contributed by atoms with Crippen LogP contribution in [0, 0.1) is 6.92 Å². The third-order valence-corrected chi connectivity index (χ3v) is 6.29. The largest absolute Gasteiger partial charge is 0.393 e. The van der Waals surface area contributed by atoms with Gasteiger partial charge in [0, 0.05) is 43.6 Å². The van der Waals surface area contributed by atoms with Crippen LogP contribution in [0.2, 0.25) is 0 Å². The van der Waals surface area contributed by atoms with E-state index in [1.165, 1.54) is 0 Å². The molecule has 2 aliphatic rings. The molecule has 0 bridgehead atoms. The molecule has 0 spiro atoms.